The maximum atomic E-state index is 11.8. The summed E-state index contributed by atoms with van der Waals surface area (Å²) < 4.78 is 4.58. The van der Waals surface area contributed by atoms with Gasteiger partial charge in [0.25, 0.3) is 5.91 Å². The quantitative estimate of drug-likeness (QED) is 0.601. The molecule has 96 valence electrons. The van der Waals surface area contributed by atoms with Crippen molar-refractivity contribution in [3.63, 3.8) is 0 Å². The lowest BCUT2D eigenvalue weighted by atomic mass is 10.1. The normalized spacial score (nSPS) is 11.4. The third-order valence-electron chi connectivity index (χ3n) is 2.40. The lowest BCUT2D eigenvalue weighted by molar-refractivity contribution is -0.143. The van der Waals surface area contributed by atoms with E-state index < -0.39 is 12.0 Å². The van der Waals surface area contributed by atoms with Crippen LogP contribution in [0.3, 0.4) is 0 Å². The molecule has 5 nitrogen and oxygen atoms in total. The molecule has 1 N–H and O–H groups in total. The molecule has 0 saturated carbocycles. The SMILES string of the molecule is COC(=O)[C@H](CCC=O)NC(=O)c1ccccc1. The fourth-order valence-corrected chi connectivity index (χ4v) is 1.46. The van der Waals surface area contributed by atoms with Crippen molar-refractivity contribution >= 4 is 18.2 Å². The molecule has 1 rings (SSSR count). The Balaban J connectivity index is 2.68. The Bertz CT molecular complexity index is 416. The number of esters is 1. The summed E-state index contributed by atoms with van der Waals surface area (Å²) in [6.45, 7) is 0. The Morgan fingerprint density at radius 2 is 2.00 bits per heavy atom. The van der Waals surface area contributed by atoms with Crippen LogP contribution in [0.25, 0.3) is 0 Å². The maximum absolute atomic E-state index is 11.8. The Morgan fingerprint density at radius 3 is 2.56 bits per heavy atom. The van der Waals surface area contributed by atoms with E-state index in [4.69, 9.17) is 0 Å². The summed E-state index contributed by atoms with van der Waals surface area (Å²) in [6, 6.07) is 7.74. The fraction of sp³-hybridized carbons (Fsp3) is 0.308. The number of aldehydes is 1. The van der Waals surface area contributed by atoms with E-state index in [0.717, 1.165) is 0 Å². The van der Waals surface area contributed by atoms with Crippen molar-refractivity contribution in [1.82, 2.24) is 5.32 Å². The van der Waals surface area contributed by atoms with Crippen molar-refractivity contribution in [3.05, 3.63) is 35.9 Å². The molecular weight excluding hydrogens is 234 g/mol. The number of carbonyl (C=O) groups is 3. The van der Waals surface area contributed by atoms with Gasteiger partial charge in [0.1, 0.15) is 12.3 Å². The molecule has 0 aliphatic rings. The molecule has 0 aliphatic heterocycles. The molecule has 1 amide bonds. The highest BCUT2D eigenvalue weighted by molar-refractivity contribution is 5.96. The number of methoxy groups -OCH3 is 1. The van der Waals surface area contributed by atoms with Crippen LogP contribution < -0.4 is 5.32 Å². The van der Waals surface area contributed by atoms with E-state index in [2.05, 4.69) is 10.1 Å². The largest absolute Gasteiger partial charge is 0.467 e. The summed E-state index contributed by atoms with van der Waals surface area (Å²) >= 11 is 0. The molecule has 1 aromatic rings. The molecule has 0 unspecified atom stereocenters. The molecule has 0 bridgehead atoms. The van der Waals surface area contributed by atoms with Gasteiger partial charge >= 0.3 is 5.97 Å². The fourth-order valence-electron chi connectivity index (χ4n) is 1.46. The van der Waals surface area contributed by atoms with E-state index in [0.29, 0.717) is 11.8 Å². The average molecular weight is 249 g/mol. The van der Waals surface area contributed by atoms with Crippen LogP contribution in [0.4, 0.5) is 0 Å². The zero-order valence-electron chi connectivity index (χ0n) is 10.1. The summed E-state index contributed by atoms with van der Waals surface area (Å²) in [7, 11) is 1.24. The van der Waals surface area contributed by atoms with Crippen molar-refractivity contribution in [2.24, 2.45) is 0 Å². The predicted octanol–water partition coefficient (Wildman–Crippen LogP) is 0.937. The minimum Gasteiger partial charge on any atom is -0.467 e. The molecule has 1 atom stereocenters. The summed E-state index contributed by atoms with van der Waals surface area (Å²) in [5.74, 6) is -0.918. The van der Waals surface area contributed by atoms with Crippen molar-refractivity contribution < 1.29 is 19.1 Å². The second-order valence-corrected chi connectivity index (χ2v) is 3.66. The molecule has 0 radical (unpaired) electrons. The van der Waals surface area contributed by atoms with Gasteiger partial charge in [0.2, 0.25) is 0 Å². The van der Waals surface area contributed by atoms with Gasteiger partial charge in [-0.2, -0.15) is 0 Å². The number of amides is 1. The number of nitrogens with one attached hydrogen (secondary N) is 1. The van der Waals surface area contributed by atoms with Crippen molar-refractivity contribution in [1.29, 1.82) is 0 Å². The standard InChI is InChI=1S/C13H15NO4/c1-18-13(17)11(8-5-9-15)14-12(16)10-6-3-2-4-7-10/h2-4,6-7,9,11H,5,8H2,1H3,(H,14,16)/t11-/m0/s1. The monoisotopic (exact) mass is 249 g/mol. The first kappa shape index (κ1) is 13.9. The summed E-state index contributed by atoms with van der Waals surface area (Å²) in [5.41, 5.74) is 0.456. The Labute approximate surface area is 105 Å². The van der Waals surface area contributed by atoms with E-state index in [-0.39, 0.29) is 18.7 Å². The number of benzene rings is 1. The lowest BCUT2D eigenvalue weighted by Gasteiger charge is -2.15. The maximum Gasteiger partial charge on any atom is 0.328 e. The smallest absolute Gasteiger partial charge is 0.328 e. The third kappa shape index (κ3) is 4.01. The van der Waals surface area contributed by atoms with Crippen molar-refractivity contribution in [3.8, 4) is 0 Å². The van der Waals surface area contributed by atoms with Gasteiger partial charge in [0.15, 0.2) is 0 Å². The van der Waals surface area contributed by atoms with Gasteiger partial charge in [-0.15, -0.1) is 0 Å². The molecule has 0 saturated heterocycles. The van der Waals surface area contributed by atoms with Gasteiger partial charge in [-0.3, -0.25) is 4.79 Å². The first-order chi connectivity index (χ1) is 8.69. The molecule has 5 heteroatoms. The minimum absolute atomic E-state index is 0.189. The Hall–Kier alpha value is -2.17. The number of ether oxygens (including phenoxy) is 1. The average Bonchev–Trinajstić information content (AvgIpc) is 2.43. The summed E-state index contributed by atoms with van der Waals surface area (Å²) in [4.78, 5) is 33.6. The second kappa shape index (κ2) is 7.21. The van der Waals surface area contributed by atoms with Gasteiger partial charge in [0, 0.05) is 12.0 Å². The minimum atomic E-state index is -0.798. The zero-order chi connectivity index (χ0) is 13.4. The predicted molar refractivity (Wildman–Crippen MR) is 65.0 cm³/mol. The topological polar surface area (TPSA) is 72.5 Å². The van der Waals surface area contributed by atoms with Crippen LogP contribution in [0.5, 0.6) is 0 Å². The lowest BCUT2D eigenvalue weighted by Crippen LogP contribution is -2.41. The van der Waals surface area contributed by atoms with E-state index in [1.54, 1.807) is 30.3 Å². The summed E-state index contributed by atoms with van der Waals surface area (Å²) in [5, 5.41) is 2.55. The van der Waals surface area contributed by atoms with Gasteiger partial charge in [-0.1, -0.05) is 18.2 Å². The summed E-state index contributed by atoms with van der Waals surface area (Å²) in [6.07, 6.45) is 1.12. The van der Waals surface area contributed by atoms with Crippen LogP contribution in [-0.4, -0.2) is 31.3 Å². The molecule has 0 spiro atoms. The van der Waals surface area contributed by atoms with E-state index >= 15 is 0 Å². The third-order valence-corrected chi connectivity index (χ3v) is 2.40. The van der Waals surface area contributed by atoms with Crippen LogP contribution in [0, 0.1) is 0 Å². The molecule has 18 heavy (non-hydrogen) atoms. The Kier molecular flexibility index (Phi) is 5.57. The number of carbonyl (C=O) groups excluding carboxylic acids is 3. The molecular formula is C13H15NO4. The second-order valence-electron chi connectivity index (χ2n) is 3.66. The van der Waals surface area contributed by atoms with Crippen molar-refractivity contribution in [2.75, 3.05) is 7.11 Å². The molecule has 0 fully saturated rings. The number of rotatable bonds is 6. The molecule has 0 aromatic heterocycles. The van der Waals surface area contributed by atoms with Crippen LogP contribution in [0.15, 0.2) is 30.3 Å². The number of hydrogen-bond donors (Lipinski definition) is 1. The molecule has 0 heterocycles. The van der Waals surface area contributed by atoms with E-state index in [1.807, 2.05) is 0 Å². The Morgan fingerprint density at radius 1 is 1.33 bits per heavy atom. The van der Waals surface area contributed by atoms with Gasteiger partial charge < -0.3 is 14.8 Å². The molecule has 1 aromatic carbocycles. The van der Waals surface area contributed by atoms with Gasteiger partial charge in [-0.05, 0) is 18.6 Å². The van der Waals surface area contributed by atoms with E-state index in [9.17, 15) is 14.4 Å². The van der Waals surface area contributed by atoms with E-state index in [1.165, 1.54) is 7.11 Å². The molecule has 0 aliphatic carbocycles. The highest BCUT2D eigenvalue weighted by atomic mass is 16.5. The number of hydrogen-bond acceptors (Lipinski definition) is 4. The van der Waals surface area contributed by atoms with Gasteiger partial charge in [-0.25, -0.2) is 4.79 Å². The first-order valence-electron chi connectivity index (χ1n) is 5.56. The van der Waals surface area contributed by atoms with Crippen molar-refractivity contribution in [2.45, 2.75) is 18.9 Å². The van der Waals surface area contributed by atoms with Crippen LogP contribution in [0.2, 0.25) is 0 Å². The van der Waals surface area contributed by atoms with Crippen LogP contribution in [-0.2, 0) is 14.3 Å². The van der Waals surface area contributed by atoms with Crippen LogP contribution >= 0.6 is 0 Å². The zero-order valence-corrected chi connectivity index (χ0v) is 10.1. The van der Waals surface area contributed by atoms with Crippen LogP contribution in [0.1, 0.15) is 23.2 Å². The van der Waals surface area contributed by atoms with Gasteiger partial charge in [0.05, 0.1) is 7.11 Å². The highest BCUT2D eigenvalue weighted by Crippen LogP contribution is 2.03. The first-order valence-corrected chi connectivity index (χ1v) is 5.56. The highest BCUT2D eigenvalue weighted by Gasteiger charge is 2.21.